The van der Waals surface area contributed by atoms with Crippen LogP contribution in [0, 0.1) is 0 Å². The van der Waals surface area contributed by atoms with Crippen LogP contribution in [0.25, 0.3) is 0 Å². The summed E-state index contributed by atoms with van der Waals surface area (Å²) in [5.74, 6) is -0.0128. The SMILES string of the molecule is CN(C)[C@H]1CCCN(C(=O)NCc2ccc(C(=O)NC3CC3)cc2)C1. The molecule has 1 saturated heterocycles. The molecule has 0 aromatic heterocycles. The van der Waals surface area contributed by atoms with E-state index in [0.29, 0.717) is 24.2 Å². The number of carbonyl (C=O) groups excluding carboxylic acids is 2. The number of hydrogen-bond donors (Lipinski definition) is 2. The number of piperidine rings is 1. The summed E-state index contributed by atoms with van der Waals surface area (Å²) < 4.78 is 0. The van der Waals surface area contributed by atoms with Crippen molar-refractivity contribution in [3.05, 3.63) is 35.4 Å². The van der Waals surface area contributed by atoms with Gasteiger partial charge in [0.1, 0.15) is 0 Å². The van der Waals surface area contributed by atoms with Crippen molar-refractivity contribution in [2.45, 2.75) is 44.3 Å². The minimum Gasteiger partial charge on any atom is -0.349 e. The zero-order valence-electron chi connectivity index (χ0n) is 15.1. The van der Waals surface area contributed by atoms with Crippen molar-refractivity contribution >= 4 is 11.9 Å². The van der Waals surface area contributed by atoms with Crippen LogP contribution in [0.15, 0.2) is 24.3 Å². The van der Waals surface area contributed by atoms with Gasteiger partial charge in [0.2, 0.25) is 0 Å². The van der Waals surface area contributed by atoms with E-state index in [2.05, 4.69) is 29.6 Å². The predicted octanol–water partition coefficient (Wildman–Crippen LogP) is 1.81. The lowest BCUT2D eigenvalue weighted by Crippen LogP contribution is -2.50. The summed E-state index contributed by atoms with van der Waals surface area (Å²) in [7, 11) is 4.13. The van der Waals surface area contributed by atoms with Crippen molar-refractivity contribution in [2.24, 2.45) is 0 Å². The van der Waals surface area contributed by atoms with Crippen LogP contribution in [0.4, 0.5) is 4.79 Å². The molecule has 6 heteroatoms. The Kier molecular flexibility index (Phi) is 5.58. The first-order valence-corrected chi connectivity index (χ1v) is 9.12. The van der Waals surface area contributed by atoms with Gasteiger partial charge in [0.25, 0.3) is 5.91 Å². The molecular formula is C19H28N4O2. The molecule has 0 spiro atoms. The Morgan fingerprint density at radius 3 is 2.52 bits per heavy atom. The first-order valence-electron chi connectivity index (χ1n) is 9.12. The van der Waals surface area contributed by atoms with E-state index in [9.17, 15) is 9.59 Å². The molecule has 0 unspecified atom stereocenters. The number of hydrogen-bond acceptors (Lipinski definition) is 3. The first kappa shape index (κ1) is 17.7. The lowest BCUT2D eigenvalue weighted by molar-refractivity contribution is 0.0951. The van der Waals surface area contributed by atoms with E-state index in [-0.39, 0.29) is 11.9 Å². The molecule has 25 heavy (non-hydrogen) atoms. The van der Waals surface area contributed by atoms with Crippen LogP contribution in [-0.4, -0.2) is 61.0 Å². The normalized spacial score (nSPS) is 20.4. The molecule has 0 bridgehead atoms. The summed E-state index contributed by atoms with van der Waals surface area (Å²) in [6, 6.07) is 8.24. The van der Waals surface area contributed by atoms with Crippen molar-refractivity contribution in [3.8, 4) is 0 Å². The van der Waals surface area contributed by atoms with Crippen LogP contribution in [0.1, 0.15) is 41.6 Å². The number of nitrogens with one attached hydrogen (secondary N) is 2. The quantitative estimate of drug-likeness (QED) is 0.856. The summed E-state index contributed by atoms with van der Waals surface area (Å²) in [5.41, 5.74) is 1.67. The van der Waals surface area contributed by atoms with E-state index in [0.717, 1.165) is 44.3 Å². The van der Waals surface area contributed by atoms with Crippen LogP contribution in [0.5, 0.6) is 0 Å². The van der Waals surface area contributed by atoms with Gasteiger partial charge in [-0.05, 0) is 57.5 Å². The maximum atomic E-state index is 12.4. The largest absolute Gasteiger partial charge is 0.349 e. The molecule has 1 aliphatic heterocycles. The Balaban J connectivity index is 1.47. The monoisotopic (exact) mass is 344 g/mol. The number of rotatable bonds is 5. The Morgan fingerprint density at radius 1 is 1.16 bits per heavy atom. The topological polar surface area (TPSA) is 64.7 Å². The highest BCUT2D eigenvalue weighted by atomic mass is 16.2. The fourth-order valence-electron chi connectivity index (χ4n) is 3.12. The van der Waals surface area contributed by atoms with E-state index in [1.165, 1.54) is 0 Å². The minimum absolute atomic E-state index is 0.0119. The summed E-state index contributed by atoms with van der Waals surface area (Å²) in [4.78, 5) is 28.4. The lowest BCUT2D eigenvalue weighted by atomic mass is 10.1. The first-order chi connectivity index (χ1) is 12.0. The van der Waals surface area contributed by atoms with Crippen molar-refractivity contribution < 1.29 is 9.59 Å². The van der Waals surface area contributed by atoms with E-state index >= 15 is 0 Å². The van der Waals surface area contributed by atoms with Gasteiger partial charge in [-0.25, -0.2) is 4.79 Å². The highest BCUT2D eigenvalue weighted by Gasteiger charge is 2.25. The molecule has 1 aromatic rings. The van der Waals surface area contributed by atoms with Gasteiger partial charge in [0.15, 0.2) is 0 Å². The summed E-state index contributed by atoms with van der Waals surface area (Å²) in [5, 5.41) is 5.96. The van der Waals surface area contributed by atoms with Gasteiger partial charge in [0, 0.05) is 37.3 Å². The van der Waals surface area contributed by atoms with Gasteiger partial charge in [0.05, 0.1) is 0 Å². The maximum absolute atomic E-state index is 12.4. The summed E-state index contributed by atoms with van der Waals surface area (Å²) in [6.07, 6.45) is 4.35. The number of likely N-dealkylation sites (N-methyl/N-ethyl adjacent to an activating group) is 1. The second-order valence-corrected chi connectivity index (χ2v) is 7.31. The zero-order chi connectivity index (χ0) is 17.8. The third kappa shape index (κ3) is 4.95. The van der Waals surface area contributed by atoms with Crippen LogP contribution in [0.2, 0.25) is 0 Å². The van der Waals surface area contributed by atoms with Crippen LogP contribution in [-0.2, 0) is 6.54 Å². The number of amides is 3. The van der Waals surface area contributed by atoms with Gasteiger partial charge < -0.3 is 20.4 Å². The molecule has 1 aromatic carbocycles. The minimum atomic E-state index is -0.0128. The van der Waals surface area contributed by atoms with Crippen molar-refractivity contribution in [3.63, 3.8) is 0 Å². The summed E-state index contributed by atoms with van der Waals surface area (Å²) >= 11 is 0. The number of carbonyl (C=O) groups is 2. The molecular weight excluding hydrogens is 316 g/mol. The average molecular weight is 344 g/mol. The lowest BCUT2D eigenvalue weighted by Gasteiger charge is -2.36. The molecule has 1 saturated carbocycles. The van der Waals surface area contributed by atoms with Gasteiger partial charge in [-0.15, -0.1) is 0 Å². The smallest absolute Gasteiger partial charge is 0.317 e. The molecule has 1 heterocycles. The fourth-order valence-corrected chi connectivity index (χ4v) is 3.12. The number of likely N-dealkylation sites (tertiary alicyclic amines) is 1. The third-order valence-corrected chi connectivity index (χ3v) is 4.99. The molecule has 3 amide bonds. The second kappa shape index (κ2) is 7.87. The standard InChI is InChI=1S/C19H28N4O2/c1-22(2)17-4-3-11-23(13-17)19(25)20-12-14-5-7-15(8-6-14)18(24)21-16-9-10-16/h5-8,16-17H,3-4,9-13H2,1-2H3,(H,20,25)(H,21,24)/t17-/m0/s1. The molecule has 6 nitrogen and oxygen atoms in total. The summed E-state index contributed by atoms with van der Waals surface area (Å²) in [6.45, 7) is 2.07. The van der Waals surface area contributed by atoms with Gasteiger partial charge >= 0.3 is 6.03 Å². The highest BCUT2D eigenvalue weighted by molar-refractivity contribution is 5.94. The molecule has 3 rings (SSSR count). The molecule has 0 radical (unpaired) electrons. The van der Waals surface area contributed by atoms with Crippen molar-refractivity contribution in [2.75, 3.05) is 27.2 Å². The number of urea groups is 1. The Labute approximate surface area is 149 Å². The Hall–Kier alpha value is -2.08. The molecule has 2 N–H and O–H groups in total. The van der Waals surface area contributed by atoms with Gasteiger partial charge in [-0.1, -0.05) is 12.1 Å². The van der Waals surface area contributed by atoms with E-state index in [1.807, 2.05) is 29.2 Å². The highest BCUT2D eigenvalue weighted by Crippen LogP contribution is 2.19. The zero-order valence-corrected chi connectivity index (χ0v) is 15.1. The van der Waals surface area contributed by atoms with Crippen molar-refractivity contribution in [1.82, 2.24) is 20.4 Å². The molecule has 2 aliphatic rings. The van der Waals surface area contributed by atoms with E-state index in [1.54, 1.807) is 0 Å². The second-order valence-electron chi connectivity index (χ2n) is 7.31. The number of nitrogens with zero attached hydrogens (tertiary/aromatic N) is 2. The van der Waals surface area contributed by atoms with Crippen LogP contribution in [0.3, 0.4) is 0 Å². The van der Waals surface area contributed by atoms with Crippen molar-refractivity contribution in [1.29, 1.82) is 0 Å². The predicted molar refractivity (Wildman–Crippen MR) is 97.4 cm³/mol. The molecule has 1 atom stereocenters. The fraction of sp³-hybridized carbons (Fsp3) is 0.579. The molecule has 136 valence electrons. The Bertz CT molecular complexity index is 610. The van der Waals surface area contributed by atoms with Crippen LogP contribution >= 0.6 is 0 Å². The molecule has 2 fully saturated rings. The van der Waals surface area contributed by atoms with Gasteiger partial charge in [-0.3, -0.25) is 4.79 Å². The molecule has 1 aliphatic carbocycles. The number of benzene rings is 1. The Morgan fingerprint density at radius 2 is 1.88 bits per heavy atom. The third-order valence-electron chi connectivity index (χ3n) is 4.99. The van der Waals surface area contributed by atoms with Gasteiger partial charge in [-0.2, -0.15) is 0 Å². The maximum Gasteiger partial charge on any atom is 0.317 e. The van der Waals surface area contributed by atoms with Crippen LogP contribution < -0.4 is 10.6 Å². The van der Waals surface area contributed by atoms with E-state index in [4.69, 9.17) is 0 Å². The average Bonchev–Trinajstić information content (AvgIpc) is 3.44. The van der Waals surface area contributed by atoms with E-state index < -0.39 is 0 Å².